The molecule has 8 nitrogen and oxygen atoms in total. The summed E-state index contributed by atoms with van der Waals surface area (Å²) in [4.78, 5) is 15.3. The number of nitrogens with zero attached hydrogens (tertiary/aromatic N) is 4. The minimum atomic E-state index is -3.34. The molecule has 0 spiro atoms. The molecule has 1 aliphatic rings. The smallest absolute Gasteiger partial charge is 0.281 e. The Morgan fingerprint density at radius 1 is 1.13 bits per heavy atom. The second-order valence-corrected chi connectivity index (χ2v) is 10.1. The van der Waals surface area contributed by atoms with Crippen molar-refractivity contribution in [3.8, 4) is 16.8 Å². The van der Waals surface area contributed by atoms with Gasteiger partial charge in [0.15, 0.2) is 0 Å². The summed E-state index contributed by atoms with van der Waals surface area (Å²) in [6.45, 7) is 4.80. The van der Waals surface area contributed by atoms with Gasteiger partial charge in [0.1, 0.15) is 5.82 Å². The molecule has 1 aliphatic heterocycles. The molecule has 4 rings (SSSR count). The summed E-state index contributed by atoms with van der Waals surface area (Å²) in [5, 5.41) is 3.78. The van der Waals surface area contributed by atoms with E-state index in [0.29, 0.717) is 48.7 Å². The molecular formula is C21H23FN4O4S. The Labute approximate surface area is 179 Å². The van der Waals surface area contributed by atoms with Crippen molar-refractivity contribution < 1.29 is 17.2 Å². The zero-order valence-electron chi connectivity index (χ0n) is 17.2. The van der Waals surface area contributed by atoms with Gasteiger partial charge in [-0.15, -0.1) is 0 Å². The molecule has 0 unspecified atom stereocenters. The molecule has 2 aromatic heterocycles. The summed E-state index contributed by atoms with van der Waals surface area (Å²) in [5.41, 5.74) is 1.43. The lowest BCUT2D eigenvalue weighted by atomic mass is 10.1. The molecule has 3 heterocycles. The average molecular weight is 447 g/mol. The van der Waals surface area contributed by atoms with E-state index in [1.807, 2.05) is 4.90 Å². The van der Waals surface area contributed by atoms with Gasteiger partial charge in [-0.1, -0.05) is 6.07 Å². The van der Waals surface area contributed by atoms with Crippen LogP contribution in [0.5, 0.6) is 0 Å². The van der Waals surface area contributed by atoms with Crippen molar-refractivity contribution in [2.75, 3.05) is 31.1 Å². The number of benzene rings is 1. The summed E-state index contributed by atoms with van der Waals surface area (Å²) >= 11 is 0. The maximum absolute atomic E-state index is 13.7. The second-order valence-electron chi connectivity index (χ2n) is 7.59. The van der Waals surface area contributed by atoms with E-state index in [4.69, 9.17) is 4.42 Å². The minimum Gasteiger partial charge on any atom is -0.472 e. The van der Waals surface area contributed by atoms with Crippen LogP contribution >= 0.6 is 0 Å². The van der Waals surface area contributed by atoms with Crippen LogP contribution in [-0.4, -0.2) is 53.9 Å². The fourth-order valence-electron chi connectivity index (χ4n) is 3.64. The molecule has 1 aromatic carbocycles. The lowest BCUT2D eigenvalue weighted by Crippen LogP contribution is -2.50. The standard InChI is InChI=1S/C21H23FN4O4S/c1-15(2)31(28,29)25-9-7-24(8-10-25)19-13-23-26(18-5-3-4-17(22)12-18)21(27)20(19)16-6-11-30-14-16/h3-6,11-15H,7-10H2,1-2H3. The molecule has 164 valence electrons. The molecule has 31 heavy (non-hydrogen) atoms. The molecule has 10 heteroatoms. The Balaban J connectivity index is 1.73. The zero-order chi connectivity index (χ0) is 22.2. The van der Waals surface area contributed by atoms with Crippen molar-refractivity contribution in [2.45, 2.75) is 19.1 Å². The predicted octanol–water partition coefficient (Wildman–Crippen LogP) is 2.49. The van der Waals surface area contributed by atoms with E-state index in [0.717, 1.165) is 4.68 Å². The van der Waals surface area contributed by atoms with E-state index in [2.05, 4.69) is 5.10 Å². The Kier molecular flexibility index (Phi) is 5.67. The molecule has 0 amide bonds. The maximum Gasteiger partial charge on any atom is 0.281 e. The van der Waals surface area contributed by atoms with Gasteiger partial charge in [-0.2, -0.15) is 14.1 Å². The number of rotatable bonds is 5. The van der Waals surface area contributed by atoms with Gasteiger partial charge in [0, 0.05) is 31.7 Å². The van der Waals surface area contributed by atoms with Gasteiger partial charge in [0.2, 0.25) is 10.0 Å². The molecular weight excluding hydrogens is 423 g/mol. The number of piperazine rings is 1. The Morgan fingerprint density at radius 3 is 2.48 bits per heavy atom. The van der Waals surface area contributed by atoms with E-state index in [1.54, 1.807) is 32.2 Å². The fraction of sp³-hybridized carbons (Fsp3) is 0.333. The summed E-state index contributed by atoms with van der Waals surface area (Å²) in [6.07, 6.45) is 4.50. The van der Waals surface area contributed by atoms with Crippen molar-refractivity contribution in [1.82, 2.24) is 14.1 Å². The highest BCUT2D eigenvalue weighted by Gasteiger charge is 2.31. The Hall–Kier alpha value is -2.98. The quantitative estimate of drug-likeness (QED) is 0.598. The SMILES string of the molecule is CC(C)S(=O)(=O)N1CCN(c2cnn(-c3cccc(F)c3)c(=O)c2-c2ccoc2)CC1. The highest BCUT2D eigenvalue weighted by atomic mass is 32.2. The first-order valence-electron chi connectivity index (χ1n) is 9.94. The number of hydrogen-bond acceptors (Lipinski definition) is 6. The van der Waals surface area contributed by atoms with Crippen molar-refractivity contribution in [3.63, 3.8) is 0 Å². The second kappa shape index (κ2) is 8.27. The van der Waals surface area contributed by atoms with E-state index >= 15 is 0 Å². The van der Waals surface area contributed by atoms with E-state index < -0.39 is 26.6 Å². The molecule has 0 N–H and O–H groups in total. The molecule has 3 aromatic rings. The van der Waals surface area contributed by atoms with Crippen molar-refractivity contribution >= 4 is 15.7 Å². The highest BCUT2D eigenvalue weighted by Crippen LogP contribution is 2.29. The van der Waals surface area contributed by atoms with Crippen LogP contribution in [0, 0.1) is 5.82 Å². The topological polar surface area (TPSA) is 88.7 Å². The lowest BCUT2D eigenvalue weighted by Gasteiger charge is -2.36. The first-order valence-corrected chi connectivity index (χ1v) is 11.4. The van der Waals surface area contributed by atoms with Crippen LogP contribution in [0.2, 0.25) is 0 Å². The van der Waals surface area contributed by atoms with Gasteiger partial charge >= 0.3 is 0 Å². The zero-order valence-corrected chi connectivity index (χ0v) is 18.0. The lowest BCUT2D eigenvalue weighted by molar-refractivity contribution is 0.381. The van der Waals surface area contributed by atoms with Crippen molar-refractivity contribution in [3.05, 3.63) is 65.2 Å². The number of furan rings is 1. The van der Waals surface area contributed by atoms with Crippen LogP contribution in [0.1, 0.15) is 13.8 Å². The van der Waals surface area contributed by atoms with Gasteiger partial charge in [-0.3, -0.25) is 4.79 Å². The molecule has 0 saturated carbocycles. The molecule has 1 fully saturated rings. The maximum atomic E-state index is 13.7. The third kappa shape index (κ3) is 4.00. The van der Waals surface area contributed by atoms with Crippen LogP contribution < -0.4 is 10.5 Å². The summed E-state index contributed by atoms with van der Waals surface area (Å²) < 4.78 is 46.4. The summed E-state index contributed by atoms with van der Waals surface area (Å²) in [5.74, 6) is -0.470. The largest absolute Gasteiger partial charge is 0.472 e. The van der Waals surface area contributed by atoms with Crippen LogP contribution in [0.15, 0.2) is 58.3 Å². The molecule has 0 radical (unpaired) electrons. The Morgan fingerprint density at radius 2 is 1.87 bits per heavy atom. The molecule has 0 bridgehead atoms. The van der Waals surface area contributed by atoms with Crippen LogP contribution in [0.4, 0.5) is 10.1 Å². The molecule has 1 saturated heterocycles. The number of anilines is 1. The Bertz CT molecular complexity index is 1230. The predicted molar refractivity (Wildman–Crippen MR) is 115 cm³/mol. The summed E-state index contributed by atoms with van der Waals surface area (Å²) in [6, 6.07) is 7.33. The molecule has 0 aliphatic carbocycles. The highest BCUT2D eigenvalue weighted by molar-refractivity contribution is 7.89. The number of hydrogen-bond donors (Lipinski definition) is 0. The van der Waals surface area contributed by atoms with Gasteiger partial charge in [-0.05, 0) is 38.1 Å². The van der Waals surface area contributed by atoms with E-state index in [9.17, 15) is 17.6 Å². The minimum absolute atomic E-state index is 0.314. The third-order valence-corrected chi connectivity index (χ3v) is 7.63. The average Bonchev–Trinajstić information content (AvgIpc) is 3.28. The number of sulfonamides is 1. The summed E-state index contributed by atoms with van der Waals surface area (Å²) in [7, 11) is -3.34. The normalized spacial score (nSPS) is 15.5. The number of halogens is 1. The monoisotopic (exact) mass is 446 g/mol. The van der Waals surface area contributed by atoms with E-state index in [1.165, 1.54) is 35.0 Å². The number of aromatic nitrogens is 2. The third-order valence-electron chi connectivity index (χ3n) is 5.36. The van der Waals surface area contributed by atoms with Gasteiger partial charge in [0.05, 0.1) is 40.9 Å². The van der Waals surface area contributed by atoms with Crippen LogP contribution in [-0.2, 0) is 10.0 Å². The van der Waals surface area contributed by atoms with Gasteiger partial charge in [0.25, 0.3) is 5.56 Å². The van der Waals surface area contributed by atoms with Crippen molar-refractivity contribution in [1.29, 1.82) is 0 Å². The van der Waals surface area contributed by atoms with Crippen molar-refractivity contribution in [2.24, 2.45) is 0 Å². The fourth-order valence-corrected chi connectivity index (χ4v) is 4.90. The van der Waals surface area contributed by atoms with Gasteiger partial charge in [-0.25, -0.2) is 12.8 Å². The first-order chi connectivity index (χ1) is 14.8. The van der Waals surface area contributed by atoms with Crippen LogP contribution in [0.3, 0.4) is 0 Å². The van der Waals surface area contributed by atoms with Gasteiger partial charge < -0.3 is 9.32 Å². The molecule has 0 atom stereocenters. The first kappa shape index (κ1) is 21.3. The van der Waals surface area contributed by atoms with E-state index in [-0.39, 0.29) is 0 Å². The van der Waals surface area contributed by atoms with Crippen LogP contribution in [0.25, 0.3) is 16.8 Å².